The molecule has 2 unspecified atom stereocenters. The minimum atomic E-state index is 0.403. The van der Waals surface area contributed by atoms with Crippen molar-refractivity contribution < 1.29 is 4.74 Å². The van der Waals surface area contributed by atoms with Crippen LogP contribution in [0.2, 0.25) is 0 Å². The summed E-state index contributed by atoms with van der Waals surface area (Å²) in [6.45, 7) is 10.2. The molecule has 0 amide bonds. The molecule has 0 aliphatic carbocycles. The first-order valence-electron chi connectivity index (χ1n) is 7.99. The summed E-state index contributed by atoms with van der Waals surface area (Å²) in [5.41, 5.74) is 0.403. The third-order valence-electron chi connectivity index (χ3n) is 4.36. The monoisotopic (exact) mass is 253 g/mol. The normalized spacial score (nSPS) is 24.9. The molecular formula is C15H32BNO. The van der Waals surface area contributed by atoms with Gasteiger partial charge in [-0.3, -0.25) is 4.90 Å². The van der Waals surface area contributed by atoms with Gasteiger partial charge in [-0.15, -0.1) is 0 Å². The first kappa shape index (κ1) is 16.0. The molecule has 106 valence electrons. The zero-order chi connectivity index (χ0) is 13.4. The molecule has 1 rings (SSSR count). The summed E-state index contributed by atoms with van der Waals surface area (Å²) in [5.74, 6) is 0. The Morgan fingerprint density at radius 3 is 2.56 bits per heavy atom. The Labute approximate surface area is 115 Å². The van der Waals surface area contributed by atoms with E-state index in [1.54, 1.807) is 0 Å². The Balaban J connectivity index is 2.48. The van der Waals surface area contributed by atoms with Gasteiger partial charge in [0.15, 0.2) is 0 Å². The maximum absolute atomic E-state index is 5.68. The second kappa shape index (κ2) is 8.21. The molecule has 1 fully saturated rings. The van der Waals surface area contributed by atoms with Crippen molar-refractivity contribution in [3.8, 4) is 0 Å². The SMILES string of the molecule is BC1CN(C(C)(CCC)CCCCCC)CCO1. The van der Waals surface area contributed by atoms with Crippen LogP contribution in [0.1, 0.15) is 65.7 Å². The van der Waals surface area contributed by atoms with E-state index in [1.807, 2.05) is 0 Å². The Kier molecular flexibility index (Phi) is 7.32. The maximum Gasteiger partial charge on any atom is 0.140 e. The van der Waals surface area contributed by atoms with Crippen molar-refractivity contribution in [2.75, 3.05) is 19.7 Å². The van der Waals surface area contributed by atoms with Gasteiger partial charge in [-0.2, -0.15) is 0 Å². The number of hydrogen-bond acceptors (Lipinski definition) is 2. The van der Waals surface area contributed by atoms with Gasteiger partial charge in [-0.05, 0) is 19.8 Å². The lowest BCUT2D eigenvalue weighted by Crippen LogP contribution is -2.54. The number of ether oxygens (including phenoxy) is 1. The molecule has 1 aliphatic rings. The Hall–Kier alpha value is -0.0151. The minimum absolute atomic E-state index is 0.403. The van der Waals surface area contributed by atoms with E-state index in [0.717, 1.165) is 19.7 Å². The highest BCUT2D eigenvalue weighted by molar-refractivity contribution is 6.11. The number of rotatable bonds is 8. The van der Waals surface area contributed by atoms with E-state index in [2.05, 4.69) is 33.5 Å². The van der Waals surface area contributed by atoms with Crippen LogP contribution in [-0.4, -0.2) is 44.0 Å². The van der Waals surface area contributed by atoms with Crippen molar-refractivity contribution in [2.24, 2.45) is 0 Å². The lowest BCUT2D eigenvalue weighted by Gasteiger charge is -2.45. The smallest absolute Gasteiger partial charge is 0.140 e. The average Bonchev–Trinajstić information content (AvgIpc) is 2.35. The molecule has 0 N–H and O–H groups in total. The van der Waals surface area contributed by atoms with Gasteiger partial charge >= 0.3 is 0 Å². The molecule has 2 nitrogen and oxygen atoms in total. The molecule has 0 bridgehead atoms. The molecule has 1 saturated heterocycles. The van der Waals surface area contributed by atoms with Gasteiger partial charge in [0.1, 0.15) is 7.85 Å². The Morgan fingerprint density at radius 1 is 1.17 bits per heavy atom. The fraction of sp³-hybridized carbons (Fsp3) is 1.00. The van der Waals surface area contributed by atoms with Crippen molar-refractivity contribution >= 4 is 7.85 Å². The van der Waals surface area contributed by atoms with E-state index < -0.39 is 0 Å². The molecular weight excluding hydrogens is 221 g/mol. The summed E-state index contributed by atoms with van der Waals surface area (Å²) in [4.78, 5) is 2.69. The molecule has 0 aromatic heterocycles. The summed E-state index contributed by atoms with van der Waals surface area (Å²) in [6.07, 6.45) is 9.47. The topological polar surface area (TPSA) is 12.5 Å². The first-order valence-corrected chi connectivity index (χ1v) is 7.99. The minimum Gasteiger partial charge on any atom is -0.385 e. The van der Waals surface area contributed by atoms with Crippen LogP contribution in [0.5, 0.6) is 0 Å². The molecule has 1 heterocycles. The fourth-order valence-corrected chi connectivity index (χ4v) is 3.22. The molecule has 0 saturated carbocycles. The standard InChI is InChI=1S/C15H32BNO/c1-4-6-7-8-10-15(3,9-5-2)17-11-12-18-14(16)13-17/h14H,4-13,16H2,1-3H3. The summed E-state index contributed by atoms with van der Waals surface area (Å²) in [5, 5.41) is 0. The number of unbranched alkanes of at least 4 members (excludes halogenated alkanes) is 3. The van der Waals surface area contributed by atoms with Crippen LogP contribution in [-0.2, 0) is 4.74 Å². The van der Waals surface area contributed by atoms with Gasteiger partial charge in [-0.25, -0.2) is 0 Å². The predicted molar refractivity (Wildman–Crippen MR) is 81.9 cm³/mol. The van der Waals surface area contributed by atoms with Crippen LogP contribution >= 0.6 is 0 Å². The van der Waals surface area contributed by atoms with Gasteiger partial charge < -0.3 is 4.74 Å². The lowest BCUT2D eigenvalue weighted by molar-refractivity contribution is -0.0404. The summed E-state index contributed by atoms with van der Waals surface area (Å²) < 4.78 is 5.68. The molecule has 0 spiro atoms. The lowest BCUT2D eigenvalue weighted by atomic mass is 9.85. The summed E-state index contributed by atoms with van der Waals surface area (Å²) in [6, 6.07) is 0.408. The Morgan fingerprint density at radius 2 is 1.94 bits per heavy atom. The molecule has 0 aromatic rings. The van der Waals surface area contributed by atoms with Crippen molar-refractivity contribution in [1.29, 1.82) is 0 Å². The second-order valence-electron chi connectivity index (χ2n) is 6.19. The van der Waals surface area contributed by atoms with Crippen LogP contribution in [0.3, 0.4) is 0 Å². The summed E-state index contributed by atoms with van der Waals surface area (Å²) in [7, 11) is 2.20. The van der Waals surface area contributed by atoms with Crippen LogP contribution in [0.15, 0.2) is 0 Å². The van der Waals surface area contributed by atoms with Crippen LogP contribution in [0.4, 0.5) is 0 Å². The molecule has 0 aromatic carbocycles. The third-order valence-corrected chi connectivity index (χ3v) is 4.36. The average molecular weight is 253 g/mol. The van der Waals surface area contributed by atoms with E-state index in [1.165, 1.54) is 44.9 Å². The van der Waals surface area contributed by atoms with Crippen molar-refractivity contribution in [3.05, 3.63) is 0 Å². The molecule has 1 aliphatic heterocycles. The molecule has 2 atom stereocenters. The van der Waals surface area contributed by atoms with E-state index in [9.17, 15) is 0 Å². The van der Waals surface area contributed by atoms with Gasteiger partial charge in [0, 0.05) is 24.6 Å². The number of morpholine rings is 1. The van der Waals surface area contributed by atoms with E-state index >= 15 is 0 Å². The van der Waals surface area contributed by atoms with Crippen LogP contribution in [0.25, 0.3) is 0 Å². The highest BCUT2D eigenvalue weighted by Crippen LogP contribution is 2.29. The fourth-order valence-electron chi connectivity index (χ4n) is 3.22. The van der Waals surface area contributed by atoms with Crippen molar-refractivity contribution in [2.45, 2.75) is 77.3 Å². The van der Waals surface area contributed by atoms with Gasteiger partial charge in [0.2, 0.25) is 0 Å². The largest absolute Gasteiger partial charge is 0.385 e. The van der Waals surface area contributed by atoms with Crippen molar-refractivity contribution in [1.82, 2.24) is 4.90 Å². The van der Waals surface area contributed by atoms with E-state index in [4.69, 9.17) is 4.74 Å². The zero-order valence-corrected chi connectivity index (χ0v) is 13.0. The van der Waals surface area contributed by atoms with Crippen molar-refractivity contribution in [3.63, 3.8) is 0 Å². The predicted octanol–water partition coefficient (Wildman–Crippen LogP) is 2.81. The maximum atomic E-state index is 5.68. The first-order chi connectivity index (χ1) is 8.62. The van der Waals surface area contributed by atoms with Crippen LogP contribution in [0, 0.1) is 0 Å². The highest BCUT2D eigenvalue weighted by Gasteiger charge is 2.33. The molecule has 0 radical (unpaired) electrons. The quantitative estimate of drug-likeness (QED) is 0.487. The zero-order valence-electron chi connectivity index (χ0n) is 13.0. The van der Waals surface area contributed by atoms with Gasteiger partial charge in [0.05, 0.1) is 6.61 Å². The second-order valence-corrected chi connectivity index (χ2v) is 6.19. The molecule has 3 heteroatoms. The summed E-state index contributed by atoms with van der Waals surface area (Å²) >= 11 is 0. The molecule has 18 heavy (non-hydrogen) atoms. The number of hydrogen-bond donors (Lipinski definition) is 0. The number of nitrogens with zero attached hydrogens (tertiary/aromatic N) is 1. The third kappa shape index (κ3) is 4.93. The van der Waals surface area contributed by atoms with E-state index in [-0.39, 0.29) is 0 Å². The van der Waals surface area contributed by atoms with Crippen LogP contribution < -0.4 is 0 Å². The van der Waals surface area contributed by atoms with Gasteiger partial charge in [0.25, 0.3) is 0 Å². The van der Waals surface area contributed by atoms with Gasteiger partial charge in [-0.1, -0.05) is 46.0 Å². The van der Waals surface area contributed by atoms with E-state index in [0.29, 0.717) is 11.5 Å². The Bertz CT molecular complexity index is 225. The highest BCUT2D eigenvalue weighted by atomic mass is 16.5.